The fraction of sp³-hybridized carbons (Fsp3) is 0.500. The number of rotatable bonds is 6. The topological polar surface area (TPSA) is 99.9 Å². The number of piperidine rings is 1. The highest BCUT2D eigenvalue weighted by Gasteiger charge is 2.38. The molecule has 0 aromatic heterocycles. The molecule has 1 aromatic carbocycles. The standard InChI is InChI=1S/C20H24FN3O5/c1-23(11-15-8-13(10-22)4-5-16(15)21)18(25)12-24-7-6-14(19(26)28-2)9-17(24)20(27)29-3/h4-5,8,14,17H,6-7,9,11-12H2,1-3H3/t14-,17-/m0/s1. The van der Waals surface area contributed by atoms with E-state index < -0.39 is 29.7 Å². The van der Waals surface area contributed by atoms with Gasteiger partial charge in [-0.15, -0.1) is 0 Å². The Morgan fingerprint density at radius 3 is 2.59 bits per heavy atom. The van der Waals surface area contributed by atoms with Crippen LogP contribution >= 0.6 is 0 Å². The Labute approximate surface area is 168 Å². The van der Waals surface area contributed by atoms with Crippen molar-refractivity contribution in [3.05, 3.63) is 35.1 Å². The third-order valence-corrected chi connectivity index (χ3v) is 5.07. The van der Waals surface area contributed by atoms with E-state index in [0.717, 1.165) is 0 Å². The number of nitrogens with zero attached hydrogens (tertiary/aromatic N) is 3. The fourth-order valence-corrected chi connectivity index (χ4v) is 3.37. The Balaban J connectivity index is 2.06. The number of likely N-dealkylation sites (N-methyl/N-ethyl adjacent to an activating group) is 1. The molecule has 0 aliphatic carbocycles. The van der Waals surface area contributed by atoms with Crippen LogP contribution in [0.4, 0.5) is 4.39 Å². The molecule has 1 heterocycles. The average Bonchev–Trinajstić information content (AvgIpc) is 2.74. The lowest BCUT2D eigenvalue weighted by atomic mass is 9.90. The zero-order valence-corrected chi connectivity index (χ0v) is 16.7. The number of nitriles is 1. The van der Waals surface area contributed by atoms with Gasteiger partial charge >= 0.3 is 11.9 Å². The minimum Gasteiger partial charge on any atom is -0.469 e. The highest BCUT2D eigenvalue weighted by atomic mass is 19.1. The van der Waals surface area contributed by atoms with Crippen LogP contribution in [0.1, 0.15) is 24.0 Å². The van der Waals surface area contributed by atoms with Crippen LogP contribution in [0.15, 0.2) is 18.2 Å². The summed E-state index contributed by atoms with van der Waals surface area (Å²) in [6.45, 7) is 0.253. The predicted molar refractivity (Wildman–Crippen MR) is 99.7 cm³/mol. The van der Waals surface area contributed by atoms with Crippen molar-refractivity contribution in [2.24, 2.45) is 5.92 Å². The van der Waals surface area contributed by atoms with Crippen LogP contribution in [0.25, 0.3) is 0 Å². The van der Waals surface area contributed by atoms with Crippen molar-refractivity contribution in [1.29, 1.82) is 5.26 Å². The Hall–Kier alpha value is -2.99. The molecule has 1 saturated heterocycles. The SMILES string of the molecule is COC(=O)[C@H]1CCN(CC(=O)N(C)Cc2cc(C#N)ccc2F)[C@H](C(=O)OC)C1. The Kier molecular flexibility index (Phi) is 7.67. The number of methoxy groups -OCH3 is 2. The first-order chi connectivity index (χ1) is 13.8. The summed E-state index contributed by atoms with van der Waals surface area (Å²) >= 11 is 0. The lowest BCUT2D eigenvalue weighted by molar-refractivity contribution is -0.155. The van der Waals surface area contributed by atoms with Crippen LogP contribution in [0.3, 0.4) is 0 Å². The van der Waals surface area contributed by atoms with Gasteiger partial charge in [0, 0.05) is 25.7 Å². The largest absolute Gasteiger partial charge is 0.469 e. The van der Waals surface area contributed by atoms with Crippen molar-refractivity contribution in [2.75, 3.05) is 34.4 Å². The molecule has 1 aliphatic rings. The molecule has 0 unspecified atom stereocenters. The van der Waals surface area contributed by atoms with E-state index in [1.54, 1.807) is 4.90 Å². The first-order valence-corrected chi connectivity index (χ1v) is 9.12. The van der Waals surface area contributed by atoms with Crippen LogP contribution in [0.2, 0.25) is 0 Å². The number of likely N-dealkylation sites (tertiary alicyclic amines) is 1. The number of benzene rings is 1. The van der Waals surface area contributed by atoms with Crippen LogP contribution < -0.4 is 0 Å². The van der Waals surface area contributed by atoms with Gasteiger partial charge in [0.25, 0.3) is 0 Å². The van der Waals surface area contributed by atoms with Gasteiger partial charge in [-0.2, -0.15) is 5.26 Å². The van der Waals surface area contributed by atoms with Crippen molar-refractivity contribution in [3.63, 3.8) is 0 Å². The third kappa shape index (κ3) is 5.51. The summed E-state index contributed by atoms with van der Waals surface area (Å²) in [6, 6.07) is 5.16. The molecule has 1 fully saturated rings. The van der Waals surface area contributed by atoms with Crippen LogP contribution in [0, 0.1) is 23.1 Å². The van der Waals surface area contributed by atoms with Crippen molar-refractivity contribution in [2.45, 2.75) is 25.4 Å². The molecule has 29 heavy (non-hydrogen) atoms. The molecular formula is C20H24FN3O5. The van der Waals surface area contributed by atoms with Crippen molar-refractivity contribution in [1.82, 2.24) is 9.80 Å². The molecule has 8 nitrogen and oxygen atoms in total. The molecule has 2 rings (SSSR count). The molecular weight excluding hydrogens is 381 g/mol. The van der Waals surface area contributed by atoms with Crippen molar-refractivity contribution >= 4 is 17.8 Å². The molecule has 2 atom stereocenters. The number of amides is 1. The molecule has 156 valence electrons. The Morgan fingerprint density at radius 1 is 1.28 bits per heavy atom. The minimum absolute atomic E-state index is 0.0122. The Bertz CT molecular complexity index is 823. The van der Waals surface area contributed by atoms with Crippen LogP contribution in [0.5, 0.6) is 0 Å². The monoisotopic (exact) mass is 405 g/mol. The van der Waals surface area contributed by atoms with Gasteiger partial charge in [0.15, 0.2) is 0 Å². The summed E-state index contributed by atoms with van der Waals surface area (Å²) in [5, 5.41) is 8.96. The van der Waals surface area contributed by atoms with E-state index in [1.807, 2.05) is 6.07 Å². The molecule has 0 spiro atoms. The summed E-state index contributed by atoms with van der Waals surface area (Å²) in [4.78, 5) is 39.6. The number of halogens is 1. The van der Waals surface area contributed by atoms with Gasteiger partial charge < -0.3 is 14.4 Å². The molecule has 1 aliphatic heterocycles. The maximum Gasteiger partial charge on any atom is 0.323 e. The van der Waals surface area contributed by atoms with E-state index in [0.29, 0.717) is 18.5 Å². The van der Waals surface area contributed by atoms with Gasteiger partial charge in [-0.25, -0.2) is 4.39 Å². The smallest absolute Gasteiger partial charge is 0.323 e. The van der Waals surface area contributed by atoms with E-state index in [2.05, 4.69) is 0 Å². The summed E-state index contributed by atoms with van der Waals surface area (Å²) in [5.41, 5.74) is 0.534. The summed E-state index contributed by atoms with van der Waals surface area (Å²) in [6.07, 6.45) is 0.658. The molecule has 0 N–H and O–H groups in total. The third-order valence-electron chi connectivity index (χ3n) is 5.07. The fourth-order valence-electron chi connectivity index (χ4n) is 3.37. The summed E-state index contributed by atoms with van der Waals surface area (Å²) in [7, 11) is 4.07. The summed E-state index contributed by atoms with van der Waals surface area (Å²) in [5.74, 6) is -2.18. The second kappa shape index (κ2) is 9.98. The van der Waals surface area contributed by atoms with Crippen molar-refractivity contribution in [3.8, 4) is 6.07 Å². The normalized spacial score (nSPS) is 19.1. The van der Waals surface area contributed by atoms with Crippen LogP contribution in [-0.4, -0.2) is 68.0 Å². The van der Waals surface area contributed by atoms with Gasteiger partial charge in [-0.3, -0.25) is 19.3 Å². The van der Waals surface area contributed by atoms with E-state index in [-0.39, 0.29) is 31.0 Å². The first kappa shape index (κ1) is 22.3. The number of esters is 2. The molecule has 9 heteroatoms. The van der Waals surface area contributed by atoms with E-state index in [1.165, 1.54) is 44.4 Å². The minimum atomic E-state index is -0.742. The maximum atomic E-state index is 14.0. The zero-order valence-electron chi connectivity index (χ0n) is 16.7. The quantitative estimate of drug-likeness (QED) is 0.653. The molecule has 1 amide bonds. The number of hydrogen-bond acceptors (Lipinski definition) is 7. The first-order valence-electron chi connectivity index (χ1n) is 9.12. The number of carbonyl (C=O) groups excluding carboxylic acids is 3. The number of ether oxygens (including phenoxy) is 2. The zero-order chi connectivity index (χ0) is 21.6. The molecule has 0 saturated carbocycles. The van der Waals surface area contributed by atoms with Crippen LogP contribution in [-0.2, 0) is 30.4 Å². The van der Waals surface area contributed by atoms with Gasteiger partial charge in [0.05, 0.1) is 38.3 Å². The second-order valence-electron chi connectivity index (χ2n) is 6.92. The van der Waals surface area contributed by atoms with Gasteiger partial charge in [0.1, 0.15) is 11.9 Å². The van der Waals surface area contributed by atoms with Crippen molar-refractivity contribution < 1.29 is 28.2 Å². The lowest BCUT2D eigenvalue weighted by Gasteiger charge is -2.37. The molecule has 0 radical (unpaired) electrons. The average molecular weight is 405 g/mol. The van der Waals surface area contributed by atoms with E-state index >= 15 is 0 Å². The molecule has 1 aromatic rings. The maximum absolute atomic E-state index is 14.0. The number of hydrogen-bond donors (Lipinski definition) is 0. The van der Waals surface area contributed by atoms with E-state index in [9.17, 15) is 18.8 Å². The number of carbonyl (C=O) groups is 3. The molecule has 0 bridgehead atoms. The second-order valence-corrected chi connectivity index (χ2v) is 6.92. The van der Waals surface area contributed by atoms with E-state index in [4.69, 9.17) is 14.7 Å². The summed E-state index contributed by atoms with van der Waals surface area (Å²) < 4.78 is 23.6. The lowest BCUT2D eigenvalue weighted by Crippen LogP contribution is -2.52. The highest BCUT2D eigenvalue weighted by molar-refractivity contribution is 5.81. The Morgan fingerprint density at radius 2 is 1.97 bits per heavy atom. The van der Waals surface area contributed by atoms with Gasteiger partial charge in [0.2, 0.25) is 5.91 Å². The van der Waals surface area contributed by atoms with Gasteiger partial charge in [-0.05, 0) is 31.0 Å². The predicted octanol–water partition coefficient (Wildman–Crippen LogP) is 1.08. The van der Waals surface area contributed by atoms with Gasteiger partial charge in [-0.1, -0.05) is 0 Å². The highest BCUT2D eigenvalue weighted by Crippen LogP contribution is 2.25.